The van der Waals surface area contributed by atoms with E-state index in [1.807, 2.05) is 36.5 Å². The molecule has 0 bridgehead atoms. The van der Waals surface area contributed by atoms with Crippen LogP contribution >= 0.6 is 0 Å². The van der Waals surface area contributed by atoms with Crippen LogP contribution in [0.15, 0.2) is 60.8 Å². The van der Waals surface area contributed by atoms with E-state index in [4.69, 9.17) is 10.1 Å². The Kier molecular flexibility index (Phi) is 6.76. The van der Waals surface area contributed by atoms with Gasteiger partial charge in [-0.2, -0.15) is 0 Å². The fraction of sp³-hybridized carbons (Fsp3) is 0.259. The van der Waals surface area contributed by atoms with Crippen molar-refractivity contribution in [2.24, 2.45) is 0 Å². The van der Waals surface area contributed by atoms with Crippen LogP contribution in [0.25, 0.3) is 11.1 Å². The van der Waals surface area contributed by atoms with E-state index in [0.717, 1.165) is 53.3 Å². The summed E-state index contributed by atoms with van der Waals surface area (Å²) >= 11 is 0. The molecule has 0 spiro atoms. The van der Waals surface area contributed by atoms with Crippen LogP contribution in [0.4, 0.5) is 0 Å². The zero-order chi connectivity index (χ0) is 21.5. The van der Waals surface area contributed by atoms with Crippen molar-refractivity contribution >= 4 is 6.21 Å². The Labute approximate surface area is 184 Å². The van der Waals surface area contributed by atoms with Crippen LogP contribution in [0.3, 0.4) is 0 Å². The van der Waals surface area contributed by atoms with Crippen LogP contribution in [0.2, 0.25) is 0 Å². The maximum Gasteiger partial charge on any atom is 0.128 e. The Hall–Kier alpha value is -3.42. The van der Waals surface area contributed by atoms with Gasteiger partial charge in [0.15, 0.2) is 0 Å². The van der Waals surface area contributed by atoms with Gasteiger partial charge in [-0.15, -0.1) is 0 Å². The summed E-state index contributed by atoms with van der Waals surface area (Å²) in [5.74, 6) is 7.00. The lowest BCUT2D eigenvalue weighted by Gasteiger charge is -2.15. The monoisotopic (exact) mass is 409 g/mol. The summed E-state index contributed by atoms with van der Waals surface area (Å²) in [6.45, 7) is 5.98. The molecule has 0 unspecified atom stereocenters. The van der Waals surface area contributed by atoms with Crippen LogP contribution in [0.1, 0.15) is 35.2 Å². The smallest absolute Gasteiger partial charge is 0.128 e. The van der Waals surface area contributed by atoms with Gasteiger partial charge in [0.2, 0.25) is 0 Å². The molecule has 1 aromatic heterocycles. The molecule has 2 heterocycles. The molecule has 4 heteroatoms. The summed E-state index contributed by atoms with van der Waals surface area (Å²) in [7, 11) is 0. The van der Waals surface area contributed by atoms with Crippen molar-refractivity contribution in [1.82, 2.24) is 9.88 Å². The molecule has 1 N–H and O–H groups in total. The molecule has 1 aliphatic heterocycles. The highest BCUT2D eigenvalue weighted by Crippen LogP contribution is 2.20. The van der Waals surface area contributed by atoms with Crippen molar-refractivity contribution in [3.8, 4) is 28.7 Å². The molecule has 0 aliphatic carbocycles. The van der Waals surface area contributed by atoms with Gasteiger partial charge in [0.05, 0.1) is 0 Å². The van der Waals surface area contributed by atoms with Gasteiger partial charge in [-0.3, -0.25) is 4.90 Å². The van der Waals surface area contributed by atoms with Gasteiger partial charge in [0.25, 0.3) is 0 Å². The van der Waals surface area contributed by atoms with Crippen LogP contribution in [-0.2, 0) is 0 Å². The third-order valence-corrected chi connectivity index (χ3v) is 5.51. The molecule has 4 rings (SSSR count). The molecule has 4 nitrogen and oxygen atoms in total. The van der Waals surface area contributed by atoms with E-state index < -0.39 is 0 Å². The molecule has 0 atom stereocenters. The molecule has 1 fully saturated rings. The first-order valence-electron chi connectivity index (χ1n) is 10.8. The summed E-state index contributed by atoms with van der Waals surface area (Å²) in [5, 5.41) is 7.72. The van der Waals surface area contributed by atoms with Gasteiger partial charge in [0, 0.05) is 35.6 Å². The molecular weight excluding hydrogens is 382 g/mol. The Morgan fingerprint density at radius 3 is 2.48 bits per heavy atom. The number of benzene rings is 2. The fourth-order valence-electron chi connectivity index (χ4n) is 3.68. The second-order valence-corrected chi connectivity index (χ2v) is 7.84. The van der Waals surface area contributed by atoms with E-state index in [-0.39, 0.29) is 0 Å². The molecule has 0 saturated carbocycles. The van der Waals surface area contributed by atoms with Gasteiger partial charge in [-0.1, -0.05) is 41.8 Å². The maximum atomic E-state index is 7.72. The topological polar surface area (TPSA) is 49.2 Å². The summed E-state index contributed by atoms with van der Waals surface area (Å²) in [6.07, 6.45) is 5.74. The third-order valence-electron chi connectivity index (χ3n) is 5.51. The lowest BCUT2D eigenvalue weighted by molar-refractivity contribution is 0.237. The number of hydrogen-bond acceptors (Lipinski definition) is 4. The zero-order valence-electron chi connectivity index (χ0n) is 17.9. The maximum absolute atomic E-state index is 7.72. The highest BCUT2D eigenvalue weighted by molar-refractivity contribution is 5.82. The van der Waals surface area contributed by atoms with E-state index in [2.05, 4.69) is 52.9 Å². The third kappa shape index (κ3) is 5.59. The lowest BCUT2D eigenvalue weighted by Crippen LogP contribution is -2.25. The molecule has 1 saturated heterocycles. The van der Waals surface area contributed by atoms with Crippen LogP contribution in [0.5, 0.6) is 5.75 Å². The van der Waals surface area contributed by atoms with Crippen LogP contribution < -0.4 is 4.74 Å². The first-order chi connectivity index (χ1) is 15.2. The number of ether oxygens (including phenoxy) is 1. The van der Waals surface area contributed by atoms with Crippen molar-refractivity contribution < 1.29 is 4.74 Å². The number of hydrogen-bond donors (Lipinski definition) is 1. The SMILES string of the molecule is Cc1ccc(-c2ccc(C#Cc3ccc(OCCN4CCCC4)c(C=N)c3)nc2)cc1. The summed E-state index contributed by atoms with van der Waals surface area (Å²) in [4.78, 5) is 6.90. The number of rotatable bonds is 6. The number of pyridine rings is 1. The summed E-state index contributed by atoms with van der Waals surface area (Å²) < 4.78 is 5.92. The van der Waals surface area contributed by atoms with E-state index >= 15 is 0 Å². The highest BCUT2D eigenvalue weighted by Gasteiger charge is 2.11. The summed E-state index contributed by atoms with van der Waals surface area (Å²) in [5.41, 5.74) is 5.77. The summed E-state index contributed by atoms with van der Waals surface area (Å²) in [6, 6.07) is 18.1. The van der Waals surface area contributed by atoms with Gasteiger partial charge in [0.1, 0.15) is 18.1 Å². The zero-order valence-corrected chi connectivity index (χ0v) is 17.9. The molecule has 156 valence electrons. The van der Waals surface area contributed by atoms with Crippen LogP contribution in [-0.4, -0.2) is 42.3 Å². The van der Waals surface area contributed by atoms with Gasteiger partial charge >= 0.3 is 0 Å². The molecule has 2 aromatic carbocycles. The second kappa shape index (κ2) is 10.1. The second-order valence-electron chi connectivity index (χ2n) is 7.84. The standard InChI is InChI=1S/C27H27N3O/c1-21-4-8-23(9-5-21)24-10-12-26(29-20-24)11-6-22-7-13-27(25(18-22)19-28)31-17-16-30-14-2-3-15-30/h4-5,7-10,12-13,18-20,28H,2-3,14-17H2,1H3. The lowest BCUT2D eigenvalue weighted by atomic mass is 10.1. The van der Waals surface area contributed by atoms with E-state index in [9.17, 15) is 0 Å². The normalized spacial score (nSPS) is 13.5. The molecule has 0 amide bonds. The average Bonchev–Trinajstić information content (AvgIpc) is 3.33. The Balaban J connectivity index is 1.41. The predicted molar refractivity (Wildman–Crippen MR) is 126 cm³/mol. The largest absolute Gasteiger partial charge is 0.492 e. The van der Waals surface area contributed by atoms with Crippen molar-refractivity contribution in [3.05, 3.63) is 83.2 Å². The molecule has 0 radical (unpaired) electrons. The number of aryl methyl sites for hydroxylation is 1. The quantitative estimate of drug-likeness (QED) is 0.464. The Bertz CT molecular complexity index is 1090. The van der Waals surface area contributed by atoms with Crippen molar-refractivity contribution in [2.75, 3.05) is 26.2 Å². The minimum atomic E-state index is 0.642. The molecular formula is C27H27N3O. The van der Waals surface area contributed by atoms with E-state index in [0.29, 0.717) is 6.61 Å². The van der Waals surface area contributed by atoms with E-state index in [1.165, 1.54) is 24.6 Å². The first-order valence-corrected chi connectivity index (χ1v) is 10.8. The molecule has 1 aliphatic rings. The van der Waals surface area contributed by atoms with Crippen molar-refractivity contribution in [2.45, 2.75) is 19.8 Å². The minimum Gasteiger partial charge on any atom is -0.492 e. The first kappa shape index (κ1) is 20.8. The van der Waals surface area contributed by atoms with Crippen LogP contribution in [0, 0.1) is 24.2 Å². The van der Waals surface area contributed by atoms with E-state index in [1.54, 1.807) is 0 Å². The number of nitrogens with zero attached hydrogens (tertiary/aromatic N) is 2. The fourth-order valence-corrected chi connectivity index (χ4v) is 3.68. The highest BCUT2D eigenvalue weighted by atomic mass is 16.5. The number of nitrogens with one attached hydrogen (secondary N) is 1. The Morgan fingerprint density at radius 2 is 1.77 bits per heavy atom. The average molecular weight is 410 g/mol. The van der Waals surface area contributed by atoms with Gasteiger partial charge in [-0.05, 0) is 68.6 Å². The molecule has 31 heavy (non-hydrogen) atoms. The van der Waals surface area contributed by atoms with Gasteiger partial charge in [-0.25, -0.2) is 4.98 Å². The van der Waals surface area contributed by atoms with Crippen molar-refractivity contribution in [3.63, 3.8) is 0 Å². The van der Waals surface area contributed by atoms with Crippen molar-refractivity contribution in [1.29, 1.82) is 5.41 Å². The number of aromatic nitrogens is 1. The molecule has 3 aromatic rings. The predicted octanol–water partition coefficient (Wildman–Crippen LogP) is 4.93. The minimum absolute atomic E-state index is 0.642. The van der Waals surface area contributed by atoms with Gasteiger partial charge < -0.3 is 10.1 Å². The Morgan fingerprint density at radius 1 is 1.00 bits per heavy atom. The number of likely N-dealkylation sites (tertiary alicyclic amines) is 1.